The maximum Gasteiger partial charge on any atom is 0.394 e. The Balaban J connectivity index is 0.000000280. The average Bonchev–Trinajstić information content (AvgIpc) is 2.53. The molecule has 98 valence electrons. The quantitative estimate of drug-likeness (QED) is 0.383. The molecule has 0 aromatic heterocycles. The molecular weight excluding hydrogens is 268 g/mol. The summed E-state index contributed by atoms with van der Waals surface area (Å²) in [5.41, 5.74) is 1.39. The number of nitrogens with zero attached hydrogens (tertiary/aromatic N) is 1. The predicted molar refractivity (Wildman–Crippen MR) is 59.6 cm³/mol. The lowest BCUT2D eigenvalue weighted by Gasteiger charge is -1.96. The van der Waals surface area contributed by atoms with Crippen LogP contribution in [-0.2, 0) is 21.6 Å². The van der Waals surface area contributed by atoms with Crippen molar-refractivity contribution in [3.05, 3.63) is 33.9 Å². The molecule has 0 spiro atoms. The highest BCUT2D eigenvalue weighted by molar-refractivity contribution is 7.79. The van der Waals surface area contributed by atoms with Crippen molar-refractivity contribution in [2.45, 2.75) is 6.42 Å². The summed E-state index contributed by atoms with van der Waals surface area (Å²) in [6.07, 6.45) is 0.233. The topological polar surface area (TPSA) is 147 Å². The normalized spacial score (nSPS) is 13.1. The molecule has 1 aliphatic heterocycles. The number of rotatable bonds is 1. The van der Waals surface area contributed by atoms with Crippen LogP contribution in [0.25, 0.3) is 0 Å². The van der Waals surface area contributed by atoms with Gasteiger partial charge in [0.1, 0.15) is 0 Å². The van der Waals surface area contributed by atoms with Crippen LogP contribution in [0.1, 0.15) is 5.56 Å². The van der Waals surface area contributed by atoms with E-state index in [1.54, 1.807) is 6.07 Å². The van der Waals surface area contributed by atoms with Crippen molar-refractivity contribution < 1.29 is 27.2 Å². The van der Waals surface area contributed by atoms with Crippen molar-refractivity contribution in [3.63, 3.8) is 0 Å². The highest BCUT2D eigenvalue weighted by Crippen LogP contribution is 2.26. The number of nitro groups is 1. The highest BCUT2D eigenvalue weighted by Gasteiger charge is 2.19. The van der Waals surface area contributed by atoms with Crippen LogP contribution in [0.5, 0.6) is 0 Å². The number of amides is 1. The maximum atomic E-state index is 10.9. The smallest absolute Gasteiger partial charge is 0.326 e. The molecule has 10 heteroatoms. The number of anilines is 1. The molecule has 0 saturated heterocycles. The Hall–Kier alpha value is -2.04. The molecule has 0 fully saturated rings. The van der Waals surface area contributed by atoms with Crippen LogP contribution in [0.3, 0.4) is 0 Å². The van der Waals surface area contributed by atoms with Gasteiger partial charge in [-0.15, -0.1) is 0 Å². The Morgan fingerprint density at radius 2 is 1.89 bits per heavy atom. The Bertz CT molecular complexity index is 587. The number of carbonyl (C=O) groups excluding carboxylic acids is 1. The standard InChI is InChI=1S/C8H6N2O3.H2O4S/c11-8-4-5-3-6(10(12)13)1-2-7(5)9-8;1-5(2,3)4/h1-3H,4H2,(H,9,11);(H2,1,2,3,4). The fourth-order valence-electron chi connectivity index (χ4n) is 1.33. The van der Waals surface area contributed by atoms with Gasteiger partial charge in [0, 0.05) is 17.8 Å². The highest BCUT2D eigenvalue weighted by atomic mass is 32.3. The SMILES string of the molecule is O=C1Cc2cc([N+](=O)[O-])ccc2N1.O=S(=O)(O)O. The monoisotopic (exact) mass is 276 g/mol. The molecule has 0 unspecified atom stereocenters. The van der Waals surface area contributed by atoms with Crippen molar-refractivity contribution in [2.75, 3.05) is 5.32 Å². The molecule has 3 N–H and O–H groups in total. The maximum absolute atomic E-state index is 10.9. The fourth-order valence-corrected chi connectivity index (χ4v) is 1.33. The molecule has 1 aliphatic rings. The first-order valence-corrected chi connectivity index (χ1v) is 5.83. The fraction of sp³-hybridized carbons (Fsp3) is 0.125. The first-order valence-electron chi connectivity index (χ1n) is 4.44. The van der Waals surface area contributed by atoms with Crippen LogP contribution in [0.2, 0.25) is 0 Å². The third-order valence-corrected chi connectivity index (χ3v) is 1.92. The van der Waals surface area contributed by atoms with E-state index >= 15 is 0 Å². The lowest BCUT2D eigenvalue weighted by atomic mass is 10.1. The van der Waals surface area contributed by atoms with Crippen molar-refractivity contribution in [2.24, 2.45) is 0 Å². The second-order valence-corrected chi connectivity index (χ2v) is 4.17. The van der Waals surface area contributed by atoms with Crippen LogP contribution in [0, 0.1) is 10.1 Å². The van der Waals surface area contributed by atoms with Crippen LogP contribution < -0.4 is 5.32 Å². The summed E-state index contributed by atoms with van der Waals surface area (Å²) in [7, 11) is -4.67. The summed E-state index contributed by atoms with van der Waals surface area (Å²) in [4.78, 5) is 20.8. The molecule has 0 bridgehead atoms. The first kappa shape index (κ1) is 14.0. The number of carbonyl (C=O) groups is 1. The number of nitro benzene ring substituents is 1. The zero-order valence-electron chi connectivity index (χ0n) is 8.73. The van der Waals surface area contributed by atoms with Gasteiger partial charge < -0.3 is 5.32 Å². The van der Waals surface area contributed by atoms with Gasteiger partial charge in [-0.1, -0.05) is 0 Å². The first-order chi connectivity index (χ1) is 8.16. The minimum Gasteiger partial charge on any atom is -0.326 e. The summed E-state index contributed by atoms with van der Waals surface area (Å²) in [6.45, 7) is 0. The molecule has 0 saturated carbocycles. The summed E-state index contributed by atoms with van der Waals surface area (Å²) >= 11 is 0. The van der Waals surface area contributed by atoms with E-state index in [9.17, 15) is 14.9 Å². The van der Waals surface area contributed by atoms with E-state index in [1.807, 2.05) is 0 Å². The minimum absolute atomic E-state index is 0.0234. The van der Waals surface area contributed by atoms with Gasteiger partial charge >= 0.3 is 10.4 Å². The van der Waals surface area contributed by atoms with E-state index in [1.165, 1.54) is 12.1 Å². The van der Waals surface area contributed by atoms with Crippen molar-refractivity contribution in [1.82, 2.24) is 0 Å². The van der Waals surface area contributed by atoms with Crippen molar-refractivity contribution in [3.8, 4) is 0 Å². The number of hydrogen-bond acceptors (Lipinski definition) is 5. The van der Waals surface area contributed by atoms with Gasteiger partial charge in [-0.2, -0.15) is 8.42 Å². The van der Waals surface area contributed by atoms with Gasteiger partial charge in [0.05, 0.1) is 11.3 Å². The molecular formula is C8H8N2O7S. The number of benzene rings is 1. The van der Waals surface area contributed by atoms with Crippen LogP contribution >= 0.6 is 0 Å². The Morgan fingerprint density at radius 1 is 1.33 bits per heavy atom. The molecule has 1 aromatic carbocycles. The van der Waals surface area contributed by atoms with Crippen LogP contribution in [0.15, 0.2) is 18.2 Å². The van der Waals surface area contributed by atoms with Crippen molar-refractivity contribution >= 4 is 27.7 Å². The Morgan fingerprint density at radius 3 is 2.39 bits per heavy atom. The van der Waals surface area contributed by atoms with Gasteiger partial charge in [-0.3, -0.25) is 24.0 Å². The second-order valence-electron chi connectivity index (χ2n) is 3.27. The third kappa shape index (κ3) is 4.45. The summed E-state index contributed by atoms with van der Waals surface area (Å²) in [5, 5.41) is 13.0. The zero-order chi connectivity index (χ0) is 13.9. The summed E-state index contributed by atoms with van der Waals surface area (Å²) in [6, 6.07) is 4.36. The largest absolute Gasteiger partial charge is 0.394 e. The molecule has 2 rings (SSSR count). The van der Waals surface area contributed by atoms with E-state index in [0.717, 1.165) is 0 Å². The lowest BCUT2D eigenvalue weighted by Crippen LogP contribution is -2.03. The van der Waals surface area contributed by atoms with Crippen LogP contribution in [-0.4, -0.2) is 28.4 Å². The van der Waals surface area contributed by atoms with Crippen molar-refractivity contribution in [1.29, 1.82) is 0 Å². The lowest BCUT2D eigenvalue weighted by molar-refractivity contribution is -0.384. The predicted octanol–water partition coefficient (Wildman–Crippen LogP) is 0.437. The van der Waals surface area contributed by atoms with Gasteiger partial charge in [-0.05, 0) is 11.6 Å². The third-order valence-electron chi connectivity index (χ3n) is 1.92. The number of non-ortho nitro benzene ring substituents is 1. The van der Waals surface area contributed by atoms with E-state index in [2.05, 4.69) is 5.32 Å². The van der Waals surface area contributed by atoms with E-state index in [-0.39, 0.29) is 18.0 Å². The molecule has 1 amide bonds. The number of nitrogens with one attached hydrogen (secondary N) is 1. The molecule has 1 aromatic rings. The minimum atomic E-state index is -4.67. The van der Waals surface area contributed by atoms with Crippen LogP contribution in [0.4, 0.5) is 11.4 Å². The second kappa shape index (κ2) is 5.08. The zero-order valence-corrected chi connectivity index (χ0v) is 9.55. The molecule has 0 aliphatic carbocycles. The van der Waals surface area contributed by atoms with E-state index in [4.69, 9.17) is 17.5 Å². The molecule has 18 heavy (non-hydrogen) atoms. The van der Waals surface area contributed by atoms with E-state index in [0.29, 0.717) is 11.3 Å². The Kier molecular flexibility index (Phi) is 3.96. The molecule has 9 nitrogen and oxygen atoms in total. The van der Waals surface area contributed by atoms with Gasteiger partial charge in [0.2, 0.25) is 5.91 Å². The molecule has 0 radical (unpaired) electrons. The number of fused-ring (bicyclic) bond motifs is 1. The van der Waals surface area contributed by atoms with Gasteiger partial charge in [-0.25, -0.2) is 0 Å². The summed E-state index contributed by atoms with van der Waals surface area (Å²) in [5.74, 6) is -0.115. The van der Waals surface area contributed by atoms with Gasteiger partial charge in [0.15, 0.2) is 0 Å². The molecule has 1 heterocycles. The Labute approximate surface area is 101 Å². The molecule has 0 atom stereocenters. The number of hydrogen-bond donors (Lipinski definition) is 3. The summed E-state index contributed by atoms with van der Waals surface area (Å²) < 4.78 is 31.6. The average molecular weight is 276 g/mol. The van der Waals surface area contributed by atoms with E-state index < -0.39 is 15.3 Å². The van der Waals surface area contributed by atoms with Gasteiger partial charge in [0.25, 0.3) is 5.69 Å².